The molecule has 29 heavy (non-hydrogen) atoms. The maximum absolute atomic E-state index is 14.2. The Morgan fingerprint density at radius 3 is 2.72 bits per heavy atom. The molecule has 1 fully saturated rings. The quantitative estimate of drug-likeness (QED) is 0.334. The summed E-state index contributed by atoms with van der Waals surface area (Å²) in [5.41, 5.74) is 0.0754. The molecule has 0 bridgehead atoms. The van der Waals surface area contributed by atoms with E-state index in [1.165, 1.54) is 25.5 Å². The fraction of sp³-hybridized carbons (Fsp3) is 0.0526. The van der Waals surface area contributed by atoms with Gasteiger partial charge in [-0.15, -0.1) is 5.10 Å². The molecule has 0 aromatic heterocycles. The summed E-state index contributed by atoms with van der Waals surface area (Å²) in [5.74, 6) is -1.03. The molecule has 0 atom stereocenters. The second kappa shape index (κ2) is 9.35. The van der Waals surface area contributed by atoms with E-state index in [4.69, 9.17) is 16.3 Å². The van der Waals surface area contributed by atoms with Crippen molar-refractivity contribution in [3.05, 3.63) is 69.8 Å². The number of ether oxygens (including phenoxy) is 2. The minimum Gasteiger partial charge on any atom is -0.466 e. The summed E-state index contributed by atoms with van der Waals surface area (Å²) in [6.45, 7) is 0. The van der Waals surface area contributed by atoms with Crippen molar-refractivity contribution in [2.45, 2.75) is 0 Å². The van der Waals surface area contributed by atoms with Gasteiger partial charge in [-0.05, 0) is 48.2 Å². The number of nitrogens with zero attached hydrogens (tertiary/aromatic N) is 2. The molecule has 1 amide bonds. The highest BCUT2D eigenvalue weighted by Crippen LogP contribution is 2.27. The largest absolute Gasteiger partial charge is 0.466 e. The maximum atomic E-state index is 14.2. The summed E-state index contributed by atoms with van der Waals surface area (Å²) in [5, 5.41) is 10.8. The molecule has 1 aliphatic rings. The predicted molar refractivity (Wildman–Crippen MR) is 109 cm³/mol. The van der Waals surface area contributed by atoms with Crippen LogP contribution in [0.2, 0.25) is 5.02 Å². The summed E-state index contributed by atoms with van der Waals surface area (Å²) < 4.78 is 24.4. The topological polar surface area (TPSA) is 89.3 Å². The molecule has 3 rings (SSSR count). The smallest absolute Gasteiger partial charge is 0.331 e. The Labute approximate surface area is 174 Å². The third-order valence-corrected chi connectivity index (χ3v) is 4.64. The Balaban J connectivity index is 1.78. The van der Waals surface area contributed by atoms with Crippen LogP contribution < -0.4 is 10.1 Å². The molecule has 2 aromatic rings. The number of halogens is 2. The zero-order chi connectivity index (χ0) is 20.8. The molecule has 1 aliphatic heterocycles. The molecule has 10 heteroatoms. The average Bonchev–Trinajstić information content (AvgIpc) is 3.04. The summed E-state index contributed by atoms with van der Waals surface area (Å²) in [6.07, 6.45) is 2.21. The van der Waals surface area contributed by atoms with Crippen LogP contribution in [0.3, 0.4) is 0 Å². The summed E-state index contributed by atoms with van der Waals surface area (Å²) >= 11 is 6.75. The van der Waals surface area contributed by atoms with Crippen LogP contribution in [-0.2, 0) is 14.3 Å². The van der Waals surface area contributed by atoms with E-state index in [9.17, 15) is 14.0 Å². The average molecular weight is 434 g/mol. The maximum Gasteiger partial charge on any atom is 0.331 e. The van der Waals surface area contributed by atoms with Gasteiger partial charge < -0.3 is 9.47 Å². The lowest BCUT2D eigenvalue weighted by atomic mass is 10.2. The fourth-order valence-corrected chi connectivity index (χ4v) is 3.01. The highest BCUT2D eigenvalue weighted by molar-refractivity contribution is 8.18. The molecule has 0 unspecified atom stereocenters. The first kappa shape index (κ1) is 20.6. The van der Waals surface area contributed by atoms with Gasteiger partial charge in [0.2, 0.25) is 0 Å². The number of amidine groups is 1. The summed E-state index contributed by atoms with van der Waals surface area (Å²) in [6, 6.07) is 10.9. The number of benzene rings is 2. The highest BCUT2D eigenvalue weighted by Gasteiger charge is 2.25. The minimum absolute atomic E-state index is 0.0754. The first-order valence-corrected chi connectivity index (χ1v) is 9.27. The Hall–Kier alpha value is -3.17. The van der Waals surface area contributed by atoms with Gasteiger partial charge in [0.15, 0.2) is 5.17 Å². The van der Waals surface area contributed by atoms with Crippen molar-refractivity contribution in [1.29, 1.82) is 0 Å². The molecule has 7 nitrogen and oxygen atoms in total. The molecule has 2 aromatic carbocycles. The van der Waals surface area contributed by atoms with E-state index < -0.39 is 17.7 Å². The third-order valence-electron chi connectivity index (χ3n) is 3.49. The molecule has 1 heterocycles. The zero-order valence-corrected chi connectivity index (χ0v) is 16.5. The van der Waals surface area contributed by atoms with Crippen molar-refractivity contribution in [2.75, 3.05) is 7.11 Å². The van der Waals surface area contributed by atoms with E-state index in [-0.39, 0.29) is 21.4 Å². The Bertz CT molecular complexity index is 1040. The number of nitrogens with one attached hydrogen (secondary N) is 1. The zero-order valence-electron chi connectivity index (χ0n) is 14.9. The van der Waals surface area contributed by atoms with Gasteiger partial charge in [0.05, 0.1) is 23.8 Å². The van der Waals surface area contributed by atoms with Gasteiger partial charge in [0.25, 0.3) is 5.91 Å². The van der Waals surface area contributed by atoms with Crippen LogP contribution in [0.5, 0.6) is 11.5 Å². The van der Waals surface area contributed by atoms with Crippen LogP contribution in [0.15, 0.2) is 63.6 Å². The Morgan fingerprint density at radius 2 is 2.00 bits per heavy atom. The first-order chi connectivity index (χ1) is 14.0. The van der Waals surface area contributed by atoms with Crippen LogP contribution in [0.4, 0.5) is 4.39 Å². The van der Waals surface area contributed by atoms with Gasteiger partial charge >= 0.3 is 5.97 Å². The van der Waals surface area contributed by atoms with E-state index in [1.54, 1.807) is 30.3 Å². The fourth-order valence-electron chi connectivity index (χ4n) is 2.14. The standard InChI is InChI=1S/C19H13ClFN3O4S/c1-27-17(25)9-16-18(26)23-19(29-16)24-22-10-13-14(21)3-2-4-15(13)28-12-7-5-11(20)6-8-12/h2-10H,1H3,(H,23,24,26)/b16-9+,22-10?. The summed E-state index contributed by atoms with van der Waals surface area (Å²) in [4.78, 5) is 23.1. The van der Waals surface area contributed by atoms with Crippen molar-refractivity contribution >= 4 is 46.6 Å². The van der Waals surface area contributed by atoms with Gasteiger partial charge in [-0.25, -0.2) is 9.18 Å². The van der Waals surface area contributed by atoms with Crippen molar-refractivity contribution in [3.63, 3.8) is 0 Å². The number of amides is 1. The number of hydrogen-bond acceptors (Lipinski definition) is 7. The van der Waals surface area contributed by atoms with E-state index in [1.807, 2.05) is 0 Å². The van der Waals surface area contributed by atoms with Gasteiger partial charge in [0, 0.05) is 11.1 Å². The lowest BCUT2D eigenvalue weighted by Gasteiger charge is -2.09. The van der Waals surface area contributed by atoms with Crippen LogP contribution >= 0.6 is 23.4 Å². The van der Waals surface area contributed by atoms with Crippen molar-refractivity contribution in [1.82, 2.24) is 5.32 Å². The van der Waals surface area contributed by atoms with Gasteiger partial charge in [-0.2, -0.15) is 5.10 Å². The predicted octanol–water partition coefficient (Wildman–Crippen LogP) is 3.88. The molecule has 1 saturated heterocycles. The Morgan fingerprint density at radius 1 is 1.24 bits per heavy atom. The van der Waals surface area contributed by atoms with Crippen LogP contribution in [0, 0.1) is 5.82 Å². The van der Waals surface area contributed by atoms with Crippen LogP contribution in [0.1, 0.15) is 5.56 Å². The number of methoxy groups -OCH3 is 1. The van der Waals surface area contributed by atoms with Crippen molar-refractivity contribution < 1.29 is 23.5 Å². The first-order valence-electron chi connectivity index (χ1n) is 8.08. The molecule has 148 valence electrons. The van der Waals surface area contributed by atoms with E-state index in [0.29, 0.717) is 10.8 Å². The molecule has 0 radical (unpaired) electrons. The molecule has 0 aliphatic carbocycles. The normalized spacial score (nSPS) is 16.4. The number of hydrogen-bond donors (Lipinski definition) is 1. The molecule has 0 saturated carbocycles. The number of esters is 1. The summed E-state index contributed by atoms with van der Waals surface area (Å²) in [7, 11) is 1.20. The van der Waals surface area contributed by atoms with E-state index in [2.05, 4.69) is 20.3 Å². The number of thioether (sulfide) groups is 1. The van der Waals surface area contributed by atoms with E-state index in [0.717, 1.165) is 17.8 Å². The monoisotopic (exact) mass is 433 g/mol. The highest BCUT2D eigenvalue weighted by atomic mass is 35.5. The lowest BCUT2D eigenvalue weighted by Crippen LogP contribution is -2.19. The second-order valence-corrected chi connectivity index (χ2v) is 6.91. The molecular weight excluding hydrogens is 421 g/mol. The number of carbonyl (C=O) groups is 2. The third kappa shape index (κ3) is 5.43. The Kier molecular flexibility index (Phi) is 6.63. The second-order valence-electron chi connectivity index (χ2n) is 5.45. The van der Waals surface area contributed by atoms with E-state index >= 15 is 0 Å². The molecular formula is C19H13ClFN3O4S. The lowest BCUT2D eigenvalue weighted by molar-refractivity contribution is -0.135. The minimum atomic E-state index is -0.664. The SMILES string of the molecule is COC(=O)/C=C1/S/C(=N\N=Cc2c(F)cccc2Oc2ccc(Cl)cc2)NC1=O. The van der Waals surface area contributed by atoms with Gasteiger partial charge in [-0.1, -0.05) is 17.7 Å². The molecule has 0 spiro atoms. The van der Waals surface area contributed by atoms with Gasteiger partial charge in [0.1, 0.15) is 17.3 Å². The van der Waals surface area contributed by atoms with Crippen molar-refractivity contribution in [2.24, 2.45) is 10.2 Å². The van der Waals surface area contributed by atoms with Gasteiger partial charge in [-0.3, -0.25) is 10.1 Å². The van der Waals surface area contributed by atoms with Crippen molar-refractivity contribution in [3.8, 4) is 11.5 Å². The number of carbonyl (C=O) groups excluding carboxylic acids is 2. The van der Waals surface area contributed by atoms with Crippen LogP contribution in [-0.4, -0.2) is 30.4 Å². The van der Waals surface area contributed by atoms with Crippen LogP contribution in [0.25, 0.3) is 0 Å². The molecule has 1 N–H and O–H groups in total. The number of rotatable bonds is 5.